The Kier molecular flexibility index (Phi) is 8.24. The Balaban J connectivity index is 1.26. The number of nitrogens with zero attached hydrogens (tertiary/aromatic N) is 5. The average Bonchev–Trinajstić information content (AvgIpc) is 3.38. The summed E-state index contributed by atoms with van der Waals surface area (Å²) in [6.45, 7) is 11.7. The molecule has 2 heterocycles. The van der Waals surface area contributed by atoms with Gasteiger partial charge in [-0.3, -0.25) is 9.69 Å². The van der Waals surface area contributed by atoms with Crippen LogP contribution in [-0.2, 0) is 4.79 Å². The summed E-state index contributed by atoms with van der Waals surface area (Å²) < 4.78 is 5.81. The SMILES string of the molecule is CCN(CC)c1ccc(-c2nnc(SCC(=O)N3CCN(C(C)c4ccccc4)CC3)o2)cc1. The van der Waals surface area contributed by atoms with Gasteiger partial charge in [-0.1, -0.05) is 42.1 Å². The van der Waals surface area contributed by atoms with Crippen LogP contribution in [0.5, 0.6) is 0 Å². The van der Waals surface area contributed by atoms with Gasteiger partial charge in [-0.2, -0.15) is 0 Å². The standard InChI is InChI=1S/C26H33N5O2S/c1-4-29(5-2)23-13-11-22(12-14-23)25-27-28-26(33-25)34-19-24(32)31-17-15-30(16-18-31)20(3)21-9-7-6-8-10-21/h6-14,20H,4-5,15-19H2,1-3H3. The molecular weight excluding hydrogens is 446 g/mol. The molecule has 1 unspecified atom stereocenters. The topological polar surface area (TPSA) is 65.7 Å². The lowest BCUT2D eigenvalue weighted by molar-refractivity contribution is -0.130. The summed E-state index contributed by atoms with van der Waals surface area (Å²) in [5.41, 5.74) is 3.37. The van der Waals surface area contributed by atoms with Gasteiger partial charge in [-0.25, -0.2) is 0 Å². The molecular formula is C26H33N5O2S. The fraction of sp³-hybridized carbons (Fsp3) is 0.423. The highest BCUT2D eigenvalue weighted by atomic mass is 32.2. The molecule has 1 amide bonds. The van der Waals surface area contributed by atoms with Crippen molar-refractivity contribution in [2.75, 3.05) is 49.9 Å². The molecule has 1 aromatic heterocycles. The first-order valence-electron chi connectivity index (χ1n) is 12.0. The van der Waals surface area contributed by atoms with Gasteiger partial charge >= 0.3 is 0 Å². The zero-order chi connectivity index (χ0) is 23.9. The number of piperazine rings is 1. The summed E-state index contributed by atoms with van der Waals surface area (Å²) >= 11 is 1.30. The van der Waals surface area contributed by atoms with E-state index in [1.165, 1.54) is 23.0 Å². The van der Waals surface area contributed by atoms with Crippen molar-refractivity contribution in [2.24, 2.45) is 0 Å². The quantitative estimate of drug-likeness (QED) is 0.416. The van der Waals surface area contributed by atoms with Crippen LogP contribution in [0.3, 0.4) is 0 Å². The lowest BCUT2D eigenvalue weighted by atomic mass is 10.1. The molecule has 7 nitrogen and oxygen atoms in total. The Morgan fingerprint density at radius 1 is 1.00 bits per heavy atom. The highest BCUT2D eigenvalue weighted by Crippen LogP contribution is 2.26. The van der Waals surface area contributed by atoms with Crippen molar-refractivity contribution in [1.29, 1.82) is 0 Å². The van der Waals surface area contributed by atoms with Crippen molar-refractivity contribution < 1.29 is 9.21 Å². The second kappa shape index (κ2) is 11.5. The van der Waals surface area contributed by atoms with Crippen LogP contribution in [0.4, 0.5) is 5.69 Å². The predicted octanol–water partition coefficient (Wildman–Crippen LogP) is 4.58. The molecule has 4 rings (SSSR count). The Morgan fingerprint density at radius 2 is 1.68 bits per heavy atom. The van der Waals surface area contributed by atoms with Crippen LogP contribution < -0.4 is 4.90 Å². The minimum Gasteiger partial charge on any atom is -0.411 e. The molecule has 0 spiro atoms. The molecule has 180 valence electrons. The Labute approximate surface area is 206 Å². The minimum absolute atomic E-state index is 0.111. The van der Waals surface area contributed by atoms with Crippen LogP contribution in [0.15, 0.2) is 64.2 Å². The van der Waals surface area contributed by atoms with Crippen molar-refractivity contribution in [3.05, 3.63) is 60.2 Å². The number of anilines is 1. The van der Waals surface area contributed by atoms with Crippen LogP contribution in [0.1, 0.15) is 32.4 Å². The third kappa shape index (κ3) is 5.80. The second-order valence-electron chi connectivity index (χ2n) is 8.38. The normalized spacial score (nSPS) is 15.3. The lowest BCUT2D eigenvalue weighted by Crippen LogP contribution is -2.49. The van der Waals surface area contributed by atoms with Gasteiger partial charge in [0.25, 0.3) is 5.22 Å². The number of benzene rings is 2. The molecule has 0 aliphatic carbocycles. The number of hydrogen-bond donors (Lipinski definition) is 0. The molecule has 1 saturated heterocycles. The summed E-state index contributed by atoms with van der Waals surface area (Å²) in [4.78, 5) is 19.4. The van der Waals surface area contributed by atoms with Gasteiger partial charge in [-0.05, 0) is 50.6 Å². The Morgan fingerprint density at radius 3 is 2.32 bits per heavy atom. The summed E-state index contributed by atoms with van der Waals surface area (Å²) in [6, 6.07) is 19.0. The fourth-order valence-corrected chi connectivity index (χ4v) is 4.97. The van der Waals surface area contributed by atoms with Crippen LogP contribution in [0, 0.1) is 0 Å². The van der Waals surface area contributed by atoms with E-state index in [2.05, 4.69) is 77.2 Å². The van der Waals surface area contributed by atoms with Crippen LogP contribution in [0.25, 0.3) is 11.5 Å². The maximum absolute atomic E-state index is 12.7. The van der Waals surface area contributed by atoms with Crippen molar-refractivity contribution in [2.45, 2.75) is 32.0 Å². The van der Waals surface area contributed by atoms with E-state index >= 15 is 0 Å². The van der Waals surface area contributed by atoms with E-state index in [9.17, 15) is 4.79 Å². The molecule has 3 aromatic rings. The highest BCUT2D eigenvalue weighted by Gasteiger charge is 2.25. The molecule has 1 fully saturated rings. The average molecular weight is 480 g/mol. The number of hydrogen-bond acceptors (Lipinski definition) is 7. The molecule has 0 radical (unpaired) electrons. The van der Waals surface area contributed by atoms with Crippen molar-refractivity contribution in [3.63, 3.8) is 0 Å². The van der Waals surface area contributed by atoms with Crippen molar-refractivity contribution in [3.8, 4) is 11.5 Å². The lowest BCUT2D eigenvalue weighted by Gasteiger charge is -2.38. The molecule has 1 aliphatic rings. The van der Waals surface area contributed by atoms with E-state index in [1.807, 2.05) is 23.1 Å². The molecule has 1 aliphatic heterocycles. The van der Waals surface area contributed by atoms with Crippen molar-refractivity contribution >= 4 is 23.4 Å². The molecule has 0 N–H and O–H groups in total. The zero-order valence-corrected chi connectivity index (χ0v) is 21.0. The predicted molar refractivity (Wildman–Crippen MR) is 137 cm³/mol. The van der Waals surface area contributed by atoms with Gasteiger partial charge in [0, 0.05) is 56.6 Å². The number of carbonyl (C=O) groups is 1. The summed E-state index contributed by atoms with van der Waals surface area (Å²) in [7, 11) is 0. The van der Waals surface area contributed by atoms with Crippen LogP contribution in [-0.4, -0.2) is 70.9 Å². The van der Waals surface area contributed by atoms with Gasteiger partial charge in [0.15, 0.2) is 0 Å². The maximum Gasteiger partial charge on any atom is 0.277 e. The molecule has 2 aromatic carbocycles. The number of carbonyl (C=O) groups excluding carboxylic acids is 1. The van der Waals surface area contributed by atoms with E-state index in [0.29, 0.717) is 22.9 Å². The van der Waals surface area contributed by atoms with E-state index in [0.717, 1.165) is 44.8 Å². The highest BCUT2D eigenvalue weighted by molar-refractivity contribution is 7.99. The zero-order valence-electron chi connectivity index (χ0n) is 20.2. The van der Waals surface area contributed by atoms with Gasteiger partial charge in [-0.15, -0.1) is 10.2 Å². The maximum atomic E-state index is 12.7. The minimum atomic E-state index is 0.111. The molecule has 0 saturated carbocycles. The smallest absolute Gasteiger partial charge is 0.277 e. The number of rotatable bonds is 9. The number of amides is 1. The Hall–Kier alpha value is -2.84. The van der Waals surface area contributed by atoms with Crippen LogP contribution >= 0.6 is 11.8 Å². The molecule has 8 heteroatoms. The summed E-state index contributed by atoms with van der Waals surface area (Å²) in [6.07, 6.45) is 0. The first-order valence-corrected chi connectivity index (χ1v) is 13.0. The van der Waals surface area contributed by atoms with Crippen LogP contribution in [0.2, 0.25) is 0 Å². The third-order valence-corrected chi connectivity index (χ3v) is 7.27. The molecule has 1 atom stereocenters. The molecule has 34 heavy (non-hydrogen) atoms. The summed E-state index contributed by atoms with van der Waals surface area (Å²) in [5.74, 6) is 0.890. The van der Waals surface area contributed by atoms with Gasteiger partial charge in [0.1, 0.15) is 0 Å². The van der Waals surface area contributed by atoms with Crippen molar-refractivity contribution in [1.82, 2.24) is 20.0 Å². The van der Waals surface area contributed by atoms with Gasteiger partial charge in [0.05, 0.1) is 5.75 Å². The first-order chi connectivity index (χ1) is 16.6. The van der Waals surface area contributed by atoms with E-state index in [4.69, 9.17) is 4.42 Å². The second-order valence-corrected chi connectivity index (χ2v) is 9.31. The largest absolute Gasteiger partial charge is 0.411 e. The first kappa shape index (κ1) is 24.3. The van der Waals surface area contributed by atoms with Gasteiger partial charge < -0.3 is 14.2 Å². The Bertz CT molecular complexity index is 1040. The third-order valence-electron chi connectivity index (χ3n) is 6.47. The van der Waals surface area contributed by atoms with E-state index < -0.39 is 0 Å². The monoisotopic (exact) mass is 479 g/mol. The summed E-state index contributed by atoms with van der Waals surface area (Å²) in [5, 5.41) is 8.72. The fourth-order valence-electron chi connectivity index (χ4n) is 4.30. The molecule has 0 bridgehead atoms. The van der Waals surface area contributed by atoms with E-state index in [-0.39, 0.29) is 5.91 Å². The van der Waals surface area contributed by atoms with E-state index in [1.54, 1.807) is 0 Å². The van der Waals surface area contributed by atoms with Gasteiger partial charge in [0.2, 0.25) is 11.8 Å². The number of aromatic nitrogens is 2. The number of thioether (sulfide) groups is 1.